The molecular weight excluding hydrogens is 392 g/mol. The van der Waals surface area contributed by atoms with Gasteiger partial charge in [0.2, 0.25) is 11.9 Å². The molecule has 8 nitrogen and oxygen atoms in total. The van der Waals surface area contributed by atoms with Crippen LogP contribution in [0.5, 0.6) is 0 Å². The molecule has 0 saturated carbocycles. The van der Waals surface area contributed by atoms with Gasteiger partial charge < -0.3 is 15.0 Å². The van der Waals surface area contributed by atoms with E-state index in [-0.39, 0.29) is 11.4 Å². The van der Waals surface area contributed by atoms with Crippen molar-refractivity contribution in [1.29, 1.82) is 0 Å². The van der Waals surface area contributed by atoms with Gasteiger partial charge in [0.05, 0.1) is 30.0 Å². The summed E-state index contributed by atoms with van der Waals surface area (Å²) >= 11 is 0. The first-order valence-corrected chi connectivity index (χ1v) is 11.0. The van der Waals surface area contributed by atoms with Crippen LogP contribution in [0.25, 0.3) is 10.9 Å². The number of pyridine rings is 1. The van der Waals surface area contributed by atoms with E-state index in [0.717, 1.165) is 36.8 Å². The van der Waals surface area contributed by atoms with Gasteiger partial charge in [0.25, 0.3) is 0 Å². The SMILES string of the molecule is CC1(N=C2N=C(N3CCOCC3)NC(=O)C2c2ccc3ccccc3n2)CCCNC1. The lowest BCUT2D eigenvalue weighted by atomic mass is 9.92. The largest absolute Gasteiger partial charge is 0.378 e. The van der Waals surface area contributed by atoms with Crippen molar-refractivity contribution in [3.63, 3.8) is 0 Å². The number of carbonyl (C=O) groups excluding carboxylic acids is 1. The van der Waals surface area contributed by atoms with E-state index in [4.69, 9.17) is 19.7 Å². The minimum absolute atomic E-state index is 0.134. The second-order valence-electron chi connectivity index (χ2n) is 8.63. The summed E-state index contributed by atoms with van der Waals surface area (Å²) in [6, 6.07) is 11.8. The number of ether oxygens (including phenoxy) is 1. The third-order valence-electron chi connectivity index (χ3n) is 6.16. The van der Waals surface area contributed by atoms with Crippen LogP contribution in [-0.2, 0) is 9.53 Å². The van der Waals surface area contributed by atoms with Gasteiger partial charge in [-0.25, -0.2) is 0 Å². The normalized spacial score (nSPS) is 28.5. The zero-order valence-electron chi connectivity index (χ0n) is 17.8. The zero-order valence-corrected chi connectivity index (χ0v) is 17.8. The quantitative estimate of drug-likeness (QED) is 0.771. The van der Waals surface area contributed by atoms with Crippen molar-refractivity contribution in [2.75, 3.05) is 39.4 Å². The van der Waals surface area contributed by atoms with Crippen LogP contribution in [-0.4, -0.2) is 72.5 Å². The Morgan fingerprint density at radius 3 is 2.84 bits per heavy atom. The molecule has 162 valence electrons. The fourth-order valence-corrected chi connectivity index (χ4v) is 4.44. The number of rotatable bonds is 2. The third kappa shape index (κ3) is 4.18. The molecule has 0 bridgehead atoms. The van der Waals surface area contributed by atoms with Crippen molar-refractivity contribution >= 4 is 28.6 Å². The standard InChI is InChI=1S/C23H28N6O2/c1-23(9-4-10-24-15-23)28-20-19(18-8-7-16-5-2-3-6-17(16)25-18)21(30)27-22(26-20)29-11-13-31-14-12-29/h2-3,5-8,19,24H,4,9-15H2,1H3,(H,26,27,28,30). The summed E-state index contributed by atoms with van der Waals surface area (Å²) in [4.78, 5) is 30.1. The Hall–Kier alpha value is -2.84. The highest BCUT2D eigenvalue weighted by Gasteiger charge is 2.37. The van der Waals surface area contributed by atoms with Crippen molar-refractivity contribution in [2.45, 2.75) is 31.2 Å². The number of piperidine rings is 1. The van der Waals surface area contributed by atoms with Crippen molar-refractivity contribution in [3.05, 3.63) is 42.1 Å². The molecule has 0 radical (unpaired) electrons. The molecule has 3 aliphatic heterocycles. The van der Waals surface area contributed by atoms with Gasteiger partial charge in [0.1, 0.15) is 11.8 Å². The number of amides is 1. The van der Waals surface area contributed by atoms with Crippen LogP contribution in [0.3, 0.4) is 0 Å². The number of nitrogens with zero attached hydrogens (tertiary/aromatic N) is 4. The molecule has 31 heavy (non-hydrogen) atoms. The topological polar surface area (TPSA) is 91.2 Å². The number of guanidine groups is 1. The Kier molecular flexibility index (Phi) is 5.41. The molecule has 2 N–H and O–H groups in total. The van der Waals surface area contributed by atoms with Gasteiger partial charge in [0, 0.05) is 25.0 Å². The van der Waals surface area contributed by atoms with Crippen LogP contribution in [0.2, 0.25) is 0 Å². The molecule has 0 spiro atoms. The number of amidine groups is 1. The van der Waals surface area contributed by atoms with Crippen LogP contribution in [0, 0.1) is 0 Å². The molecule has 1 aromatic heterocycles. The lowest BCUT2D eigenvalue weighted by Gasteiger charge is -2.35. The van der Waals surface area contributed by atoms with E-state index in [0.29, 0.717) is 43.8 Å². The summed E-state index contributed by atoms with van der Waals surface area (Å²) in [5.41, 5.74) is 1.24. The van der Waals surface area contributed by atoms with E-state index < -0.39 is 5.92 Å². The molecule has 1 amide bonds. The highest BCUT2D eigenvalue weighted by atomic mass is 16.5. The molecule has 2 atom stereocenters. The van der Waals surface area contributed by atoms with E-state index >= 15 is 0 Å². The number of fused-ring (bicyclic) bond motifs is 1. The summed E-state index contributed by atoms with van der Waals surface area (Å²) in [6.07, 6.45) is 2.02. The molecule has 2 unspecified atom stereocenters. The lowest BCUT2D eigenvalue weighted by Crippen LogP contribution is -2.54. The Morgan fingerprint density at radius 1 is 1.19 bits per heavy atom. The number of benzene rings is 1. The zero-order chi connectivity index (χ0) is 21.3. The van der Waals surface area contributed by atoms with Crippen molar-refractivity contribution in [3.8, 4) is 0 Å². The molecule has 0 aliphatic carbocycles. The number of morpholine rings is 1. The number of hydrogen-bond acceptors (Lipinski definition) is 6. The summed E-state index contributed by atoms with van der Waals surface area (Å²) in [7, 11) is 0. The highest BCUT2D eigenvalue weighted by molar-refractivity contribution is 6.20. The monoisotopic (exact) mass is 420 g/mol. The summed E-state index contributed by atoms with van der Waals surface area (Å²) < 4.78 is 5.46. The number of aliphatic imine (C=N–C) groups is 2. The number of hydrogen-bond donors (Lipinski definition) is 2. The molecular formula is C23H28N6O2. The first-order chi connectivity index (χ1) is 15.1. The Balaban J connectivity index is 1.57. The second-order valence-corrected chi connectivity index (χ2v) is 8.63. The van der Waals surface area contributed by atoms with Crippen LogP contribution in [0.15, 0.2) is 46.4 Å². The average Bonchev–Trinajstić information content (AvgIpc) is 2.79. The molecule has 4 heterocycles. The second kappa shape index (κ2) is 8.36. The van der Waals surface area contributed by atoms with Crippen LogP contribution >= 0.6 is 0 Å². The van der Waals surface area contributed by atoms with Gasteiger partial charge in [-0.1, -0.05) is 24.3 Å². The maximum absolute atomic E-state index is 13.4. The first-order valence-electron chi connectivity index (χ1n) is 11.0. The maximum atomic E-state index is 13.4. The molecule has 1 aromatic carbocycles. The van der Waals surface area contributed by atoms with Gasteiger partial charge in [-0.2, -0.15) is 4.99 Å². The molecule has 2 aromatic rings. The first kappa shape index (κ1) is 20.1. The number of carbonyl (C=O) groups is 1. The van der Waals surface area contributed by atoms with E-state index in [2.05, 4.69) is 22.5 Å². The average molecular weight is 421 g/mol. The van der Waals surface area contributed by atoms with Crippen LogP contribution < -0.4 is 10.6 Å². The molecule has 8 heteroatoms. The molecule has 2 saturated heterocycles. The minimum atomic E-state index is -0.631. The van der Waals surface area contributed by atoms with Gasteiger partial charge in [-0.3, -0.25) is 20.1 Å². The third-order valence-corrected chi connectivity index (χ3v) is 6.16. The number of para-hydroxylation sites is 1. The van der Waals surface area contributed by atoms with E-state index in [1.54, 1.807) is 0 Å². The molecule has 2 fully saturated rings. The molecule has 5 rings (SSSR count). The van der Waals surface area contributed by atoms with Gasteiger partial charge >= 0.3 is 0 Å². The highest BCUT2D eigenvalue weighted by Crippen LogP contribution is 2.28. The smallest absolute Gasteiger partial charge is 0.243 e. The number of aromatic nitrogens is 1. The van der Waals surface area contributed by atoms with E-state index in [1.165, 1.54) is 0 Å². The van der Waals surface area contributed by atoms with E-state index in [1.807, 2.05) is 36.4 Å². The predicted octanol–water partition coefficient (Wildman–Crippen LogP) is 1.68. The van der Waals surface area contributed by atoms with Crippen molar-refractivity contribution in [2.24, 2.45) is 9.98 Å². The van der Waals surface area contributed by atoms with Gasteiger partial charge in [-0.05, 0) is 38.4 Å². The van der Waals surface area contributed by atoms with Gasteiger partial charge in [-0.15, -0.1) is 0 Å². The van der Waals surface area contributed by atoms with Gasteiger partial charge in [0.15, 0.2) is 0 Å². The summed E-state index contributed by atoms with van der Waals surface area (Å²) in [6.45, 7) is 6.55. The van der Waals surface area contributed by atoms with Crippen molar-refractivity contribution in [1.82, 2.24) is 20.5 Å². The fraction of sp³-hybridized carbons (Fsp3) is 0.478. The van der Waals surface area contributed by atoms with Crippen LogP contribution in [0.4, 0.5) is 0 Å². The van der Waals surface area contributed by atoms with E-state index in [9.17, 15) is 4.79 Å². The predicted molar refractivity (Wildman–Crippen MR) is 120 cm³/mol. The fourth-order valence-electron chi connectivity index (χ4n) is 4.44. The Bertz CT molecular complexity index is 1040. The molecule has 3 aliphatic rings. The van der Waals surface area contributed by atoms with Crippen LogP contribution in [0.1, 0.15) is 31.4 Å². The summed E-state index contributed by atoms with van der Waals surface area (Å²) in [5, 5.41) is 7.48. The Morgan fingerprint density at radius 2 is 2.03 bits per heavy atom. The minimum Gasteiger partial charge on any atom is -0.378 e. The summed E-state index contributed by atoms with van der Waals surface area (Å²) in [5.74, 6) is 0.342. The Labute approximate surface area is 181 Å². The lowest BCUT2D eigenvalue weighted by molar-refractivity contribution is -0.120. The van der Waals surface area contributed by atoms with Crippen molar-refractivity contribution < 1.29 is 9.53 Å². The number of nitrogens with one attached hydrogen (secondary N) is 2. The maximum Gasteiger partial charge on any atom is 0.243 e.